The molecule has 2 rings (SSSR count). The van der Waals surface area contributed by atoms with E-state index in [1.807, 2.05) is 6.07 Å². The van der Waals surface area contributed by atoms with Crippen molar-refractivity contribution in [3.8, 4) is 0 Å². The van der Waals surface area contributed by atoms with Crippen LogP contribution in [-0.2, 0) is 22.6 Å². The molecule has 0 saturated carbocycles. The lowest BCUT2D eigenvalue weighted by atomic mass is 10.1. The highest BCUT2D eigenvalue weighted by Gasteiger charge is 2.22. The van der Waals surface area contributed by atoms with Crippen molar-refractivity contribution in [2.45, 2.75) is 19.1 Å². The number of amides is 1. The summed E-state index contributed by atoms with van der Waals surface area (Å²) in [6.07, 6.45) is -1.06. The zero-order valence-electron chi connectivity index (χ0n) is 12.5. The minimum Gasteiger partial charge on any atom is -0.480 e. The second-order valence-corrected chi connectivity index (χ2v) is 5.95. The number of hydrogen-bond donors (Lipinski definition) is 2. The van der Waals surface area contributed by atoms with Crippen molar-refractivity contribution in [3.05, 3.63) is 69.9 Å². The maximum atomic E-state index is 13.8. The molecule has 2 aromatic carbocycles. The molecule has 0 spiro atoms. The van der Waals surface area contributed by atoms with Crippen molar-refractivity contribution in [1.29, 1.82) is 0 Å². The van der Waals surface area contributed by atoms with Crippen LogP contribution in [0.3, 0.4) is 0 Å². The van der Waals surface area contributed by atoms with Crippen molar-refractivity contribution in [3.63, 3.8) is 0 Å². The summed E-state index contributed by atoms with van der Waals surface area (Å²) >= 11 is 3.13. The van der Waals surface area contributed by atoms with Crippen LogP contribution in [0.2, 0.25) is 0 Å². The molecule has 2 N–H and O–H groups in total. The molecule has 7 heteroatoms. The van der Waals surface area contributed by atoms with Crippen LogP contribution in [0.15, 0.2) is 53.0 Å². The minimum atomic E-state index is -1.29. The Labute approximate surface area is 146 Å². The van der Waals surface area contributed by atoms with E-state index in [0.29, 0.717) is 4.47 Å². The van der Waals surface area contributed by atoms with Gasteiger partial charge in [0.2, 0.25) is 0 Å². The Balaban J connectivity index is 1.95. The largest absolute Gasteiger partial charge is 0.480 e. The van der Waals surface area contributed by atoms with Gasteiger partial charge in [-0.2, -0.15) is 0 Å². The SMILES string of the molecule is O=C(N[C@@H](Cc1ccc(Br)cc1F)C(=O)O)OCc1ccccc1. The van der Waals surface area contributed by atoms with Crippen molar-refractivity contribution in [1.82, 2.24) is 5.32 Å². The molecule has 0 saturated heterocycles. The van der Waals surface area contributed by atoms with E-state index < -0.39 is 23.9 Å². The fraction of sp³-hybridized carbons (Fsp3) is 0.176. The summed E-state index contributed by atoms with van der Waals surface area (Å²) in [4.78, 5) is 23.1. The Kier molecular flexibility index (Phi) is 6.31. The molecule has 5 nitrogen and oxygen atoms in total. The van der Waals surface area contributed by atoms with Crippen molar-refractivity contribution in [2.24, 2.45) is 0 Å². The van der Waals surface area contributed by atoms with Crippen molar-refractivity contribution in [2.75, 3.05) is 0 Å². The smallest absolute Gasteiger partial charge is 0.408 e. The molecule has 24 heavy (non-hydrogen) atoms. The Bertz CT molecular complexity index is 724. The molecule has 0 aliphatic heterocycles. The molecule has 2 aromatic rings. The van der Waals surface area contributed by atoms with Crippen LogP contribution < -0.4 is 5.32 Å². The summed E-state index contributed by atoms with van der Waals surface area (Å²) in [5.41, 5.74) is 0.965. The topological polar surface area (TPSA) is 75.6 Å². The number of carboxylic acid groups (broad SMARTS) is 1. The molecule has 126 valence electrons. The third-order valence-electron chi connectivity index (χ3n) is 3.24. The molecule has 0 fully saturated rings. The van der Waals surface area contributed by atoms with E-state index in [2.05, 4.69) is 21.2 Å². The Morgan fingerprint density at radius 1 is 1.21 bits per heavy atom. The van der Waals surface area contributed by atoms with Crippen LogP contribution in [0.5, 0.6) is 0 Å². The second kappa shape index (κ2) is 8.44. The van der Waals surface area contributed by atoms with Gasteiger partial charge in [0.1, 0.15) is 18.5 Å². The number of ether oxygens (including phenoxy) is 1. The lowest BCUT2D eigenvalue weighted by Crippen LogP contribution is -2.42. The summed E-state index contributed by atoms with van der Waals surface area (Å²) in [6.45, 7) is 0.0195. The molecule has 0 aliphatic rings. The third-order valence-corrected chi connectivity index (χ3v) is 3.74. The number of benzene rings is 2. The number of carboxylic acids is 1. The predicted molar refractivity (Wildman–Crippen MR) is 89.0 cm³/mol. The molecule has 1 amide bonds. The fourth-order valence-electron chi connectivity index (χ4n) is 2.01. The van der Waals surface area contributed by atoms with Gasteiger partial charge >= 0.3 is 12.1 Å². The first-order valence-corrected chi connectivity index (χ1v) is 7.89. The molecule has 0 radical (unpaired) electrons. The molecule has 1 atom stereocenters. The Morgan fingerprint density at radius 3 is 2.54 bits per heavy atom. The first kappa shape index (κ1) is 17.9. The van der Waals surface area contributed by atoms with E-state index in [1.165, 1.54) is 12.1 Å². The van der Waals surface area contributed by atoms with Crippen molar-refractivity contribution < 1.29 is 23.8 Å². The molecule has 0 bridgehead atoms. The standard InChI is InChI=1S/C17H15BrFNO4/c18-13-7-6-12(14(19)9-13)8-15(16(21)22)20-17(23)24-10-11-4-2-1-3-5-11/h1-7,9,15H,8,10H2,(H,20,23)(H,21,22)/t15-/m0/s1. The normalized spacial score (nSPS) is 11.6. The van der Waals surface area contributed by atoms with Crippen LogP contribution in [0, 0.1) is 5.82 Å². The van der Waals surface area contributed by atoms with Gasteiger partial charge < -0.3 is 15.2 Å². The molecular weight excluding hydrogens is 381 g/mol. The van der Waals surface area contributed by atoms with Gasteiger partial charge in [0.05, 0.1) is 0 Å². The summed E-state index contributed by atoms with van der Waals surface area (Å²) in [7, 11) is 0. The second-order valence-electron chi connectivity index (χ2n) is 5.04. The van der Waals surface area contributed by atoms with E-state index in [9.17, 15) is 19.1 Å². The molecule has 0 unspecified atom stereocenters. The van der Waals surface area contributed by atoms with E-state index >= 15 is 0 Å². The summed E-state index contributed by atoms with van der Waals surface area (Å²) in [5, 5.41) is 11.5. The molecule has 0 heterocycles. The molecule has 0 aliphatic carbocycles. The minimum absolute atomic E-state index is 0.0195. The number of alkyl carbamates (subject to hydrolysis) is 1. The summed E-state index contributed by atoms with van der Waals surface area (Å²) < 4.78 is 19.3. The quantitative estimate of drug-likeness (QED) is 0.784. The van der Waals surface area contributed by atoms with Gasteiger partial charge in [0.25, 0.3) is 0 Å². The van der Waals surface area contributed by atoms with Crippen LogP contribution >= 0.6 is 15.9 Å². The lowest BCUT2D eigenvalue weighted by Gasteiger charge is -2.15. The van der Waals surface area contributed by atoms with E-state index in [-0.39, 0.29) is 18.6 Å². The zero-order valence-corrected chi connectivity index (χ0v) is 14.1. The average molecular weight is 396 g/mol. The first-order valence-electron chi connectivity index (χ1n) is 7.09. The average Bonchev–Trinajstić information content (AvgIpc) is 2.55. The Hall–Kier alpha value is -2.41. The monoisotopic (exact) mass is 395 g/mol. The van der Waals surface area contributed by atoms with Crippen LogP contribution in [0.4, 0.5) is 9.18 Å². The van der Waals surface area contributed by atoms with Gasteiger partial charge in [-0.15, -0.1) is 0 Å². The van der Waals surface area contributed by atoms with Gasteiger partial charge in [0, 0.05) is 10.9 Å². The van der Waals surface area contributed by atoms with Gasteiger partial charge in [0.15, 0.2) is 0 Å². The van der Waals surface area contributed by atoms with Crippen LogP contribution in [0.25, 0.3) is 0 Å². The van der Waals surface area contributed by atoms with Gasteiger partial charge in [-0.3, -0.25) is 0 Å². The highest BCUT2D eigenvalue weighted by atomic mass is 79.9. The number of aliphatic carboxylic acids is 1. The number of halogens is 2. The Morgan fingerprint density at radius 2 is 1.92 bits per heavy atom. The molecule has 0 aromatic heterocycles. The highest BCUT2D eigenvalue weighted by molar-refractivity contribution is 9.10. The van der Waals surface area contributed by atoms with Gasteiger partial charge in [-0.05, 0) is 23.3 Å². The maximum absolute atomic E-state index is 13.8. The lowest BCUT2D eigenvalue weighted by molar-refractivity contribution is -0.139. The van der Waals surface area contributed by atoms with Crippen molar-refractivity contribution >= 4 is 28.0 Å². The van der Waals surface area contributed by atoms with Crippen LogP contribution in [-0.4, -0.2) is 23.2 Å². The number of rotatable bonds is 6. The van der Waals surface area contributed by atoms with E-state index in [4.69, 9.17) is 4.74 Å². The maximum Gasteiger partial charge on any atom is 0.408 e. The zero-order chi connectivity index (χ0) is 17.5. The van der Waals surface area contributed by atoms with Crippen LogP contribution in [0.1, 0.15) is 11.1 Å². The summed E-state index contributed by atoms with van der Waals surface area (Å²) in [5.74, 6) is -1.82. The van der Waals surface area contributed by atoms with Gasteiger partial charge in [-0.1, -0.05) is 52.3 Å². The third kappa shape index (κ3) is 5.34. The number of carbonyl (C=O) groups is 2. The number of hydrogen-bond acceptors (Lipinski definition) is 3. The van der Waals surface area contributed by atoms with E-state index in [1.54, 1.807) is 30.3 Å². The first-order chi connectivity index (χ1) is 11.5. The summed E-state index contributed by atoms with van der Waals surface area (Å²) in [6, 6.07) is 12.0. The fourth-order valence-corrected chi connectivity index (χ4v) is 2.35. The van der Waals surface area contributed by atoms with Gasteiger partial charge in [-0.25, -0.2) is 14.0 Å². The van der Waals surface area contributed by atoms with E-state index in [0.717, 1.165) is 5.56 Å². The number of nitrogens with one attached hydrogen (secondary N) is 1. The number of carbonyl (C=O) groups excluding carboxylic acids is 1. The molecular formula is C17H15BrFNO4. The highest BCUT2D eigenvalue weighted by Crippen LogP contribution is 2.16. The predicted octanol–water partition coefficient (Wildman–Crippen LogP) is 3.51.